The number of aromatic nitrogens is 3. The van der Waals surface area contributed by atoms with Crippen molar-refractivity contribution in [1.29, 1.82) is 0 Å². The Kier molecular flexibility index (Phi) is 4.58. The van der Waals surface area contributed by atoms with Crippen LogP contribution in [-0.4, -0.2) is 39.8 Å². The summed E-state index contributed by atoms with van der Waals surface area (Å²) in [6.07, 6.45) is 1.85. The molecule has 4 rings (SSSR count). The molecule has 7 nitrogen and oxygen atoms in total. The second kappa shape index (κ2) is 7.19. The first-order valence-corrected chi connectivity index (χ1v) is 9.02. The first kappa shape index (κ1) is 17.2. The molecule has 0 spiro atoms. The van der Waals surface area contributed by atoms with Crippen LogP contribution in [0.1, 0.15) is 40.7 Å². The zero-order valence-corrected chi connectivity index (χ0v) is 15.3. The number of carbonyl (C=O) groups excluding carboxylic acids is 1. The SMILES string of the molecule is CNc1ccc(-c2ccc(C(=O)N3CCCC3c3cc(C)no3)cc2)nn1. The summed E-state index contributed by atoms with van der Waals surface area (Å²) in [4.78, 5) is 14.9. The average molecular weight is 363 g/mol. The third-order valence-electron chi connectivity index (χ3n) is 4.84. The van der Waals surface area contributed by atoms with E-state index in [1.165, 1.54) is 0 Å². The Balaban J connectivity index is 1.53. The zero-order valence-electron chi connectivity index (χ0n) is 15.3. The van der Waals surface area contributed by atoms with Gasteiger partial charge in [-0.3, -0.25) is 4.79 Å². The Hall–Kier alpha value is -3.22. The van der Waals surface area contributed by atoms with Crippen molar-refractivity contribution in [2.75, 3.05) is 18.9 Å². The predicted octanol–water partition coefficient (Wildman–Crippen LogP) is 3.46. The summed E-state index contributed by atoms with van der Waals surface area (Å²) >= 11 is 0. The van der Waals surface area contributed by atoms with E-state index in [0.29, 0.717) is 11.4 Å². The predicted molar refractivity (Wildman–Crippen MR) is 101 cm³/mol. The van der Waals surface area contributed by atoms with Gasteiger partial charge in [0.05, 0.1) is 17.4 Å². The van der Waals surface area contributed by atoms with E-state index in [9.17, 15) is 4.79 Å². The standard InChI is InChI=1S/C20H21N5O2/c1-13-12-18(27-24-13)17-4-3-11-25(17)20(26)15-7-5-14(6-8-15)16-9-10-19(21-2)23-22-16/h5-10,12,17H,3-4,11H2,1-2H3,(H,21,23). The molecule has 0 saturated carbocycles. The lowest BCUT2D eigenvalue weighted by Gasteiger charge is -2.22. The first-order chi connectivity index (χ1) is 13.2. The molecular weight excluding hydrogens is 342 g/mol. The van der Waals surface area contributed by atoms with Crippen LogP contribution in [0.2, 0.25) is 0 Å². The summed E-state index contributed by atoms with van der Waals surface area (Å²) in [5.41, 5.74) is 3.18. The number of anilines is 1. The summed E-state index contributed by atoms with van der Waals surface area (Å²) < 4.78 is 5.40. The molecule has 1 fully saturated rings. The van der Waals surface area contributed by atoms with Crippen LogP contribution in [0.4, 0.5) is 5.82 Å². The highest BCUT2D eigenvalue weighted by molar-refractivity contribution is 5.95. The lowest BCUT2D eigenvalue weighted by Crippen LogP contribution is -2.30. The van der Waals surface area contributed by atoms with Gasteiger partial charge in [0.1, 0.15) is 5.82 Å². The van der Waals surface area contributed by atoms with Crippen molar-refractivity contribution in [1.82, 2.24) is 20.3 Å². The van der Waals surface area contributed by atoms with Crippen molar-refractivity contribution < 1.29 is 9.32 Å². The van der Waals surface area contributed by atoms with E-state index in [1.807, 2.05) is 54.3 Å². The molecule has 3 aromatic rings. The molecule has 1 saturated heterocycles. The Bertz CT molecular complexity index is 934. The van der Waals surface area contributed by atoms with Gasteiger partial charge in [-0.25, -0.2) is 0 Å². The fourth-order valence-corrected chi connectivity index (χ4v) is 3.41. The molecule has 0 aliphatic carbocycles. The lowest BCUT2D eigenvalue weighted by molar-refractivity contribution is 0.0714. The molecule has 27 heavy (non-hydrogen) atoms. The summed E-state index contributed by atoms with van der Waals surface area (Å²) in [7, 11) is 1.80. The van der Waals surface area contributed by atoms with E-state index in [-0.39, 0.29) is 11.9 Å². The smallest absolute Gasteiger partial charge is 0.254 e. The maximum atomic E-state index is 13.0. The summed E-state index contributed by atoms with van der Waals surface area (Å²) in [5.74, 6) is 1.48. The molecule has 0 bridgehead atoms. The molecule has 7 heteroatoms. The van der Waals surface area contributed by atoms with E-state index in [1.54, 1.807) is 7.05 Å². The number of rotatable bonds is 4. The van der Waals surface area contributed by atoms with E-state index in [0.717, 1.165) is 42.1 Å². The second-order valence-electron chi connectivity index (χ2n) is 6.66. The minimum atomic E-state index is -0.0432. The van der Waals surface area contributed by atoms with Crippen LogP contribution in [0.3, 0.4) is 0 Å². The van der Waals surface area contributed by atoms with E-state index in [2.05, 4.69) is 20.7 Å². The van der Waals surface area contributed by atoms with Crippen LogP contribution in [-0.2, 0) is 0 Å². The van der Waals surface area contributed by atoms with Crippen molar-refractivity contribution in [3.05, 3.63) is 59.5 Å². The minimum Gasteiger partial charge on any atom is -0.372 e. The molecule has 1 aliphatic rings. The number of nitrogens with zero attached hydrogens (tertiary/aromatic N) is 4. The van der Waals surface area contributed by atoms with Gasteiger partial charge in [0.15, 0.2) is 5.76 Å². The van der Waals surface area contributed by atoms with Gasteiger partial charge in [-0.05, 0) is 44.0 Å². The Morgan fingerprint density at radius 3 is 2.63 bits per heavy atom. The van der Waals surface area contributed by atoms with Crippen LogP contribution in [0.5, 0.6) is 0 Å². The van der Waals surface area contributed by atoms with Crippen LogP contribution >= 0.6 is 0 Å². The first-order valence-electron chi connectivity index (χ1n) is 9.02. The Morgan fingerprint density at radius 1 is 1.19 bits per heavy atom. The van der Waals surface area contributed by atoms with Gasteiger partial charge in [-0.2, -0.15) is 0 Å². The van der Waals surface area contributed by atoms with Gasteiger partial charge in [0, 0.05) is 30.8 Å². The van der Waals surface area contributed by atoms with Crippen LogP contribution < -0.4 is 5.32 Å². The van der Waals surface area contributed by atoms with Crippen LogP contribution in [0, 0.1) is 6.92 Å². The molecule has 1 N–H and O–H groups in total. The van der Waals surface area contributed by atoms with Crippen molar-refractivity contribution >= 4 is 11.7 Å². The maximum Gasteiger partial charge on any atom is 0.254 e. The average Bonchev–Trinajstić information content (AvgIpc) is 3.36. The normalized spacial score (nSPS) is 16.5. The minimum absolute atomic E-state index is 0.00900. The molecule has 138 valence electrons. The fraction of sp³-hybridized carbons (Fsp3) is 0.300. The molecule has 3 heterocycles. The molecule has 1 aliphatic heterocycles. The van der Waals surface area contributed by atoms with Crippen LogP contribution in [0.25, 0.3) is 11.3 Å². The molecule has 2 aromatic heterocycles. The van der Waals surface area contributed by atoms with Gasteiger partial charge in [0.2, 0.25) is 0 Å². The number of likely N-dealkylation sites (tertiary alicyclic amines) is 1. The number of nitrogens with one attached hydrogen (secondary N) is 1. The molecule has 1 aromatic carbocycles. The highest BCUT2D eigenvalue weighted by Crippen LogP contribution is 2.33. The number of benzene rings is 1. The van der Waals surface area contributed by atoms with Crippen molar-refractivity contribution in [3.63, 3.8) is 0 Å². The molecule has 1 unspecified atom stereocenters. The monoisotopic (exact) mass is 363 g/mol. The molecule has 1 amide bonds. The zero-order chi connectivity index (χ0) is 18.8. The summed E-state index contributed by atoms with van der Waals surface area (Å²) in [6, 6.07) is 13.1. The van der Waals surface area contributed by atoms with E-state index >= 15 is 0 Å². The van der Waals surface area contributed by atoms with Crippen molar-refractivity contribution in [3.8, 4) is 11.3 Å². The highest BCUT2D eigenvalue weighted by Gasteiger charge is 2.33. The maximum absolute atomic E-state index is 13.0. The molecular formula is C20H21N5O2. The number of amides is 1. The van der Waals surface area contributed by atoms with Gasteiger partial charge >= 0.3 is 0 Å². The number of aryl methyl sites for hydroxylation is 1. The number of hydrogen-bond donors (Lipinski definition) is 1. The van der Waals surface area contributed by atoms with Crippen LogP contribution in [0.15, 0.2) is 47.0 Å². The van der Waals surface area contributed by atoms with Gasteiger partial charge < -0.3 is 14.7 Å². The Morgan fingerprint density at radius 2 is 2.00 bits per heavy atom. The molecule has 1 atom stereocenters. The number of carbonyl (C=O) groups is 1. The molecule has 0 radical (unpaired) electrons. The fourth-order valence-electron chi connectivity index (χ4n) is 3.41. The lowest BCUT2D eigenvalue weighted by atomic mass is 10.1. The Labute approximate surface area is 157 Å². The van der Waals surface area contributed by atoms with Gasteiger partial charge in [0.25, 0.3) is 5.91 Å². The highest BCUT2D eigenvalue weighted by atomic mass is 16.5. The second-order valence-corrected chi connectivity index (χ2v) is 6.66. The topological polar surface area (TPSA) is 84.2 Å². The van der Waals surface area contributed by atoms with Crippen molar-refractivity contribution in [2.24, 2.45) is 0 Å². The summed E-state index contributed by atoms with van der Waals surface area (Å²) in [5, 5.41) is 15.2. The van der Waals surface area contributed by atoms with Crippen molar-refractivity contribution in [2.45, 2.75) is 25.8 Å². The third kappa shape index (κ3) is 3.40. The largest absolute Gasteiger partial charge is 0.372 e. The summed E-state index contributed by atoms with van der Waals surface area (Å²) in [6.45, 7) is 2.61. The van der Waals surface area contributed by atoms with Gasteiger partial charge in [-0.15, -0.1) is 10.2 Å². The van der Waals surface area contributed by atoms with E-state index in [4.69, 9.17) is 4.52 Å². The third-order valence-corrected chi connectivity index (χ3v) is 4.84. The van der Waals surface area contributed by atoms with E-state index < -0.39 is 0 Å². The quantitative estimate of drug-likeness (QED) is 0.764. The number of hydrogen-bond acceptors (Lipinski definition) is 6. The van der Waals surface area contributed by atoms with Gasteiger partial charge in [-0.1, -0.05) is 17.3 Å².